The Hall–Kier alpha value is -1.91. The van der Waals surface area contributed by atoms with E-state index < -0.39 is 4.92 Å². The average molecular weight is 237 g/mol. The van der Waals surface area contributed by atoms with Gasteiger partial charge in [-0.15, -0.1) is 0 Å². The van der Waals surface area contributed by atoms with Crippen molar-refractivity contribution in [2.45, 2.75) is 27.2 Å². The highest BCUT2D eigenvalue weighted by Crippen LogP contribution is 2.26. The minimum absolute atomic E-state index is 0.0702. The molecule has 5 heteroatoms. The minimum atomic E-state index is -0.417. The third kappa shape index (κ3) is 3.03. The molecule has 17 heavy (non-hydrogen) atoms. The van der Waals surface area contributed by atoms with Gasteiger partial charge in [-0.05, 0) is 26.3 Å². The van der Waals surface area contributed by atoms with Gasteiger partial charge < -0.3 is 4.74 Å². The molecule has 0 unspecified atom stereocenters. The Morgan fingerprint density at radius 1 is 1.41 bits per heavy atom. The van der Waals surface area contributed by atoms with Gasteiger partial charge in [0.05, 0.1) is 18.0 Å². The van der Waals surface area contributed by atoms with E-state index >= 15 is 0 Å². The number of hydrogen-bond acceptors (Lipinski definition) is 4. The van der Waals surface area contributed by atoms with Crippen molar-refractivity contribution in [2.75, 3.05) is 6.61 Å². The van der Waals surface area contributed by atoms with Crippen molar-refractivity contribution in [3.05, 3.63) is 38.9 Å². The van der Waals surface area contributed by atoms with Gasteiger partial charge in [0.1, 0.15) is 0 Å². The Kier molecular flexibility index (Phi) is 4.20. The summed E-state index contributed by atoms with van der Waals surface area (Å²) in [5, 5.41) is 10.9. The topological polar surface area (TPSA) is 69.4 Å². The van der Waals surface area contributed by atoms with Gasteiger partial charge in [0.15, 0.2) is 0 Å². The lowest BCUT2D eigenvalue weighted by atomic mass is 10.0. The first-order valence-electron chi connectivity index (χ1n) is 5.36. The van der Waals surface area contributed by atoms with Crippen LogP contribution in [0.5, 0.6) is 0 Å². The molecule has 0 saturated heterocycles. The Bertz CT molecular complexity index is 454. The molecule has 0 amide bonds. The molecular formula is C12H15NO4. The summed E-state index contributed by atoms with van der Waals surface area (Å²) in [6.45, 7) is 5.37. The number of ether oxygens (including phenoxy) is 1. The average Bonchev–Trinajstić information content (AvgIpc) is 2.22. The zero-order valence-corrected chi connectivity index (χ0v) is 10.1. The van der Waals surface area contributed by atoms with E-state index in [1.54, 1.807) is 32.9 Å². The van der Waals surface area contributed by atoms with E-state index in [2.05, 4.69) is 0 Å². The predicted molar refractivity (Wildman–Crippen MR) is 62.9 cm³/mol. The van der Waals surface area contributed by atoms with Crippen molar-refractivity contribution in [3.8, 4) is 0 Å². The first kappa shape index (κ1) is 13.2. The summed E-state index contributed by atoms with van der Waals surface area (Å²) < 4.78 is 4.82. The zero-order valence-electron chi connectivity index (χ0n) is 10.1. The van der Waals surface area contributed by atoms with E-state index in [0.29, 0.717) is 23.3 Å². The molecule has 1 aromatic rings. The van der Waals surface area contributed by atoms with Crippen LogP contribution in [0.25, 0.3) is 0 Å². The lowest BCUT2D eigenvalue weighted by molar-refractivity contribution is -0.386. The van der Waals surface area contributed by atoms with Gasteiger partial charge in [0.2, 0.25) is 0 Å². The van der Waals surface area contributed by atoms with Crippen molar-refractivity contribution in [1.29, 1.82) is 0 Å². The van der Waals surface area contributed by atoms with Gasteiger partial charge >= 0.3 is 5.97 Å². The first-order chi connectivity index (χ1) is 7.97. The molecule has 0 N–H and O–H groups in total. The fourth-order valence-corrected chi connectivity index (χ4v) is 1.72. The number of nitrogens with zero attached hydrogens (tertiary/aromatic N) is 1. The van der Waals surface area contributed by atoms with E-state index in [9.17, 15) is 14.9 Å². The fraction of sp³-hybridized carbons (Fsp3) is 0.417. The molecule has 0 aliphatic rings. The van der Waals surface area contributed by atoms with Crippen LogP contribution >= 0.6 is 0 Å². The summed E-state index contributed by atoms with van der Waals surface area (Å²) >= 11 is 0. The van der Waals surface area contributed by atoms with Crippen LogP contribution < -0.4 is 0 Å². The monoisotopic (exact) mass is 237 g/mol. The number of rotatable bonds is 4. The highest BCUT2D eigenvalue weighted by molar-refractivity contribution is 5.74. The first-order valence-corrected chi connectivity index (χ1v) is 5.36. The number of nitro groups is 1. The fourth-order valence-electron chi connectivity index (χ4n) is 1.72. The summed E-state index contributed by atoms with van der Waals surface area (Å²) in [6, 6.07) is 3.38. The molecule has 0 fully saturated rings. The number of aryl methyl sites for hydroxylation is 1. The normalized spacial score (nSPS) is 10.1. The summed E-state index contributed by atoms with van der Waals surface area (Å²) in [5.41, 5.74) is 1.84. The standard InChI is InChI=1S/C12H15NO4/c1-4-17-11(14)7-10-6-5-8(2)12(9(10)3)13(15)16/h5-6H,4,7H2,1-3H3. The van der Waals surface area contributed by atoms with Crippen molar-refractivity contribution in [2.24, 2.45) is 0 Å². The maximum atomic E-state index is 11.3. The molecule has 0 heterocycles. The molecule has 0 radical (unpaired) electrons. The Morgan fingerprint density at radius 2 is 2.06 bits per heavy atom. The van der Waals surface area contributed by atoms with Crippen LogP contribution in [0, 0.1) is 24.0 Å². The van der Waals surface area contributed by atoms with Crippen LogP contribution in [0.1, 0.15) is 23.6 Å². The maximum absolute atomic E-state index is 11.3. The maximum Gasteiger partial charge on any atom is 0.310 e. The van der Waals surface area contributed by atoms with Crippen LogP contribution in [0.15, 0.2) is 12.1 Å². The van der Waals surface area contributed by atoms with E-state index in [1.807, 2.05) is 0 Å². The summed E-state index contributed by atoms with van der Waals surface area (Å²) in [4.78, 5) is 21.8. The molecule has 92 valence electrons. The van der Waals surface area contributed by atoms with Gasteiger partial charge in [-0.3, -0.25) is 14.9 Å². The zero-order chi connectivity index (χ0) is 13.0. The smallest absolute Gasteiger partial charge is 0.310 e. The minimum Gasteiger partial charge on any atom is -0.466 e. The molecule has 5 nitrogen and oxygen atoms in total. The van der Waals surface area contributed by atoms with E-state index in [0.717, 1.165) is 0 Å². The second-order valence-corrected chi connectivity index (χ2v) is 3.75. The second kappa shape index (κ2) is 5.43. The SMILES string of the molecule is CCOC(=O)Cc1ccc(C)c([N+](=O)[O-])c1C. The quantitative estimate of drug-likeness (QED) is 0.457. The van der Waals surface area contributed by atoms with E-state index in [1.165, 1.54) is 0 Å². The van der Waals surface area contributed by atoms with E-state index in [4.69, 9.17) is 4.74 Å². The highest BCUT2D eigenvalue weighted by Gasteiger charge is 2.18. The van der Waals surface area contributed by atoms with Gasteiger partial charge in [-0.2, -0.15) is 0 Å². The van der Waals surface area contributed by atoms with Gasteiger partial charge in [-0.25, -0.2) is 0 Å². The van der Waals surface area contributed by atoms with Crippen molar-refractivity contribution >= 4 is 11.7 Å². The van der Waals surface area contributed by atoms with Gasteiger partial charge in [0.25, 0.3) is 5.69 Å². The Balaban J connectivity index is 3.07. The number of esters is 1. The third-order valence-electron chi connectivity index (χ3n) is 2.57. The molecule has 0 bridgehead atoms. The van der Waals surface area contributed by atoms with Crippen molar-refractivity contribution < 1.29 is 14.5 Å². The largest absolute Gasteiger partial charge is 0.466 e. The molecule has 0 aliphatic carbocycles. The summed E-state index contributed by atoms with van der Waals surface area (Å²) in [7, 11) is 0. The summed E-state index contributed by atoms with van der Waals surface area (Å²) in [6.07, 6.45) is 0.0702. The van der Waals surface area contributed by atoms with Crippen LogP contribution in [0.4, 0.5) is 5.69 Å². The lowest BCUT2D eigenvalue weighted by Gasteiger charge is -2.07. The van der Waals surface area contributed by atoms with Gasteiger partial charge in [-0.1, -0.05) is 12.1 Å². The molecule has 0 atom stereocenters. The molecule has 1 rings (SSSR count). The van der Waals surface area contributed by atoms with Gasteiger partial charge in [0, 0.05) is 11.1 Å². The lowest BCUT2D eigenvalue weighted by Crippen LogP contribution is -2.09. The molecule has 0 aliphatic heterocycles. The molecule has 0 saturated carbocycles. The van der Waals surface area contributed by atoms with Crippen molar-refractivity contribution in [3.63, 3.8) is 0 Å². The third-order valence-corrected chi connectivity index (χ3v) is 2.57. The molecule has 0 spiro atoms. The number of benzene rings is 1. The molecule has 0 aromatic heterocycles. The number of carbonyl (C=O) groups excluding carboxylic acids is 1. The highest BCUT2D eigenvalue weighted by atomic mass is 16.6. The van der Waals surface area contributed by atoms with E-state index in [-0.39, 0.29) is 18.1 Å². The van der Waals surface area contributed by atoms with Crippen LogP contribution in [0.2, 0.25) is 0 Å². The van der Waals surface area contributed by atoms with Crippen LogP contribution in [-0.4, -0.2) is 17.5 Å². The van der Waals surface area contributed by atoms with Crippen molar-refractivity contribution in [1.82, 2.24) is 0 Å². The summed E-state index contributed by atoms with van der Waals surface area (Å²) in [5.74, 6) is -0.367. The number of hydrogen-bond donors (Lipinski definition) is 0. The number of nitro benzene ring substituents is 1. The van der Waals surface area contributed by atoms with Crippen LogP contribution in [-0.2, 0) is 16.0 Å². The van der Waals surface area contributed by atoms with Crippen LogP contribution in [0.3, 0.4) is 0 Å². The molecule has 1 aromatic carbocycles. The predicted octanol–water partition coefficient (Wildman–Crippen LogP) is 2.32. The number of carbonyl (C=O) groups is 1. The Morgan fingerprint density at radius 3 is 2.59 bits per heavy atom. The Labute approximate surface area is 99.5 Å². The second-order valence-electron chi connectivity index (χ2n) is 3.75. The molecular weight excluding hydrogens is 222 g/mol.